The van der Waals surface area contributed by atoms with Crippen molar-refractivity contribution in [2.24, 2.45) is 11.8 Å². The third-order valence-corrected chi connectivity index (χ3v) is 5.46. The lowest BCUT2D eigenvalue weighted by Crippen LogP contribution is -2.13. The van der Waals surface area contributed by atoms with Gasteiger partial charge in [-0.05, 0) is 43.4 Å². The van der Waals surface area contributed by atoms with Crippen LogP contribution in [0.25, 0.3) is 0 Å². The number of benzene rings is 1. The van der Waals surface area contributed by atoms with E-state index in [2.05, 4.69) is 0 Å². The molecule has 0 radical (unpaired) electrons. The molecular formula is C21H24ClNO6. The van der Waals surface area contributed by atoms with Crippen LogP contribution >= 0.6 is 11.6 Å². The van der Waals surface area contributed by atoms with Crippen LogP contribution in [0.1, 0.15) is 61.7 Å². The maximum absolute atomic E-state index is 12.5. The summed E-state index contributed by atoms with van der Waals surface area (Å²) in [6.07, 6.45) is 8.10. The third-order valence-electron chi connectivity index (χ3n) is 5.23. The van der Waals surface area contributed by atoms with Crippen molar-refractivity contribution in [3.8, 4) is 0 Å². The fourth-order valence-electron chi connectivity index (χ4n) is 3.70. The van der Waals surface area contributed by atoms with Gasteiger partial charge in [-0.15, -0.1) is 0 Å². The average Bonchev–Trinajstić information content (AvgIpc) is 3.01. The van der Waals surface area contributed by atoms with Gasteiger partial charge in [0, 0.05) is 29.8 Å². The Labute approximate surface area is 173 Å². The molecule has 2 atom stereocenters. The molecule has 1 aromatic carbocycles. The summed E-state index contributed by atoms with van der Waals surface area (Å²) in [7, 11) is 0. The highest BCUT2D eigenvalue weighted by Gasteiger charge is 2.32. The zero-order chi connectivity index (χ0) is 21.4. The average molecular weight is 422 g/mol. The Hall–Kier alpha value is -2.54. The van der Waals surface area contributed by atoms with E-state index < -0.39 is 16.7 Å². The number of carbonyl (C=O) groups excluding carboxylic acids is 2. The molecule has 156 valence electrons. The number of ketones is 2. The fraction of sp³-hybridized carbons (Fsp3) is 0.476. The molecule has 0 amide bonds. The largest absolute Gasteiger partial charge is 0.481 e. The number of aliphatic carboxylic acids is 1. The van der Waals surface area contributed by atoms with Gasteiger partial charge >= 0.3 is 5.97 Å². The third kappa shape index (κ3) is 6.78. The van der Waals surface area contributed by atoms with Gasteiger partial charge in [-0.1, -0.05) is 36.9 Å². The lowest BCUT2D eigenvalue weighted by Gasteiger charge is -2.14. The van der Waals surface area contributed by atoms with Gasteiger partial charge in [0.15, 0.2) is 5.78 Å². The van der Waals surface area contributed by atoms with E-state index >= 15 is 0 Å². The van der Waals surface area contributed by atoms with Crippen molar-refractivity contribution >= 4 is 34.8 Å². The summed E-state index contributed by atoms with van der Waals surface area (Å²) in [6, 6.07) is 3.85. The normalized spacial score (nSPS) is 19.0. The van der Waals surface area contributed by atoms with Crippen LogP contribution in [-0.2, 0) is 9.59 Å². The molecule has 2 rings (SSSR count). The maximum atomic E-state index is 12.5. The van der Waals surface area contributed by atoms with Crippen molar-refractivity contribution in [3.05, 3.63) is 51.1 Å². The smallest absolute Gasteiger partial charge is 0.303 e. The first-order valence-corrected chi connectivity index (χ1v) is 10.1. The minimum Gasteiger partial charge on any atom is -0.481 e. The molecule has 1 aliphatic carbocycles. The van der Waals surface area contributed by atoms with Crippen molar-refractivity contribution in [2.45, 2.75) is 51.4 Å². The molecule has 7 nitrogen and oxygen atoms in total. The van der Waals surface area contributed by atoms with Gasteiger partial charge in [0.1, 0.15) is 11.3 Å². The number of hydrogen-bond donors (Lipinski definition) is 1. The summed E-state index contributed by atoms with van der Waals surface area (Å²) < 4.78 is 0. The van der Waals surface area contributed by atoms with Crippen molar-refractivity contribution < 1.29 is 24.4 Å². The Kier molecular flexibility index (Phi) is 8.51. The summed E-state index contributed by atoms with van der Waals surface area (Å²) in [6.45, 7) is 0. The molecule has 0 aromatic heterocycles. The number of nitro benzene ring substituents is 1. The first-order valence-electron chi connectivity index (χ1n) is 9.70. The van der Waals surface area contributed by atoms with E-state index in [9.17, 15) is 24.5 Å². The quantitative estimate of drug-likeness (QED) is 0.176. The van der Waals surface area contributed by atoms with Crippen LogP contribution in [-0.4, -0.2) is 27.6 Å². The predicted octanol–water partition coefficient (Wildman–Crippen LogP) is 5.01. The summed E-state index contributed by atoms with van der Waals surface area (Å²) in [5.41, 5.74) is -0.373. The number of carbonyl (C=O) groups is 3. The second-order valence-corrected chi connectivity index (χ2v) is 7.70. The Morgan fingerprint density at radius 2 is 1.97 bits per heavy atom. The van der Waals surface area contributed by atoms with Crippen LogP contribution in [0.2, 0.25) is 5.02 Å². The van der Waals surface area contributed by atoms with E-state index in [-0.39, 0.29) is 40.3 Å². The van der Waals surface area contributed by atoms with Gasteiger partial charge in [-0.25, -0.2) is 0 Å². The summed E-state index contributed by atoms with van der Waals surface area (Å²) >= 11 is 5.87. The van der Waals surface area contributed by atoms with E-state index in [1.165, 1.54) is 24.3 Å². The second kappa shape index (κ2) is 10.9. The van der Waals surface area contributed by atoms with Gasteiger partial charge in [-0.3, -0.25) is 24.5 Å². The highest BCUT2D eigenvalue weighted by atomic mass is 35.5. The summed E-state index contributed by atoms with van der Waals surface area (Å²) in [5.74, 6) is -1.36. The molecule has 0 heterocycles. The van der Waals surface area contributed by atoms with Gasteiger partial charge < -0.3 is 5.11 Å². The lowest BCUT2D eigenvalue weighted by molar-refractivity contribution is -0.385. The molecule has 1 N–H and O–H groups in total. The standard InChI is InChI=1S/C21H24ClNO6/c22-15-9-10-18(23(28)29)17(13-15)20(25)12-8-14-7-11-19(24)16(14)5-3-1-2-4-6-21(26)27/h8-10,12-14,16H,1-7,11H2,(H,26,27)/b12-8+. The number of allylic oxidation sites excluding steroid dienone is 2. The molecule has 8 heteroatoms. The number of nitro groups is 1. The minimum atomic E-state index is -0.800. The number of Topliss-reactive ketones (excluding diaryl/α,β-unsaturated/α-hetero) is 1. The Morgan fingerprint density at radius 3 is 2.66 bits per heavy atom. The van der Waals surface area contributed by atoms with E-state index in [0.29, 0.717) is 25.7 Å². The van der Waals surface area contributed by atoms with Crippen molar-refractivity contribution in [1.82, 2.24) is 0 Å². The fourth-order valence-corrected chi connectivity index (χ4v) is 3.87. The van der Waals surface area contributed by atoms with Crippen LogP contribution in [0.4, 0.5) is 5.69 Å². The maximum Gasteiger partial charge on any atom is 0.303 e. The molecule has 1 fully saturated rings. The number of nitrogens with zero attached hydrogens (tertiary/aromatic N) is 1. The highest BCUT2D eigenvalue weighted by molar-refractivity contribution is 6.31. The van der Waals surface area contributed by atoms with E-state index in [1.807, 2.05) is 0 Å². The molecule has 0 saturated heterocycles. The topological polar surface area (TPSA) is 115 Å². The van der Waals surface area contributed by atoms with Gasteiger partial charge in [0.2, 0.25) is 0 Å². The molecule has 1 aliphatic rings. The first-order chi connectivity index (χ1) is 13.8. The molecule has 0 aliphatic heterocycles. The Morgan fingerprint density at radius 1 is 1.24 bits per heavy atom. The number of hydrogen-bond acceptors (Lipinski definition) is 5. The molecule has 29 heavy (non-hydrogen) atoms. The van der Waals surface area contributed by atoms with E-state index in [4.69, 9.17) is 16.7 Å². The zero-order valence-electron chi connectivity index (χ0n) is 16.0. The molecule has 0 spiro atoms. The zero-order valence-corrected chi connectivity index (χ0v) is 16.8. The lowest BCUT2D eigenvalue weighted by atomic mass is 9.89. The summed E-state index contributed by atoms with van der Waals surface area (Å²) in [5, 5.41) is 20.0. The molecule has 1 aromatic rings. The van der Waals surface area contributed by atoms with Gasteiger partial charge in [-0.2, -0.15) is 0 Å². The van der Waals surface area contributed by atoms with Crippen LogP contribution < -0.4 is 0 Å². The second-order valence-electron chi connectivity index (χ2n) is 7.26. The number of carboxylic acid groups (broad SMARTS) is 1. The SMILES string of the molecule is O=C(O)CCCCCCC1C(=O)CCC1/C=C/C(=O)c1cc(Cl)ccc1[N+](=O)[O-]. The number of rotatable bonds is 11. The highest BCUT2D eigenvalue weighted by Crippen LogP contribution is 2.34. The van der Waals surface area contributed by atoms with E-state index in [0.717, 1.165) is 19.3 Å². The van der Waals surface area contributed by atoms with Crippen molar-refractivity contribution in [1.29, 1.82) is 0 Å². The molecule has 0 bridgehead atoms. The molecule has 1 saturated carbocycles. The van der Waals surface area contributed by atoms with E-state index in [1.54, 1.807) is 6.08 Å². The number of unbranched alkanes of at least 4 members (excludes halogenated alkanes) is 3. The van der Waals surface area contributed by atoms with Crippen LogP contribution in [0.5, 0.6) is 0 Å². The molecule has 2 unspecified atom stereocenters. The number of halogens is 1. The summed E-state index contributed by atoms with van der Waals surface area (Å²) in [4.78, 5) is 45.7. The van der Waals surface area contributed by atoms with Crippen LogP contribution in [0.15, 0.2) is 30.4 Å². The van der Waals surface area contributed by atoms with Crippen molar-refractivity contribution in [3.63, 3.8) is 0 Å². The van der Waals surface area contributed by atoms with Crippen LogP contribution in [0.3, 0.4) is 0 Å². The predicted molar refractivity (Wildman–Crippen MR) is 108 cm³/mol. The first kappa shape index (κ1) is 22.7. The van der Waals surface area contributed by atoms with Crippen molar-refractivity contribution in [2.75, 3.05) is 0 Å². The minimum absolute atomic E-state index is 0.0660. The Bertz CT molecular complexity index is 819. The van der Waals surface area contributed by atoms with Crippen LogP contribution in [0, 0.1) is 22.0 Å². The Balaban J connectivity index is 1.95. The number of carboxylic acids is 1. The molecular weight excluding hydrogens is 398 g/mol. The van der Waals surface area contributed by atoms with Gasteiger partial charge in [0.25, 0.3) is 5.69 Å². The monoisotopic (exact) mass is 421 g/mol. The van der Waals surface area contributed by atoms with Gasteiger partial charge in [0.05, 0.1) is 4.92 Å².